The molecule has 0 unspecified atom stereocenters. The Morgan fingerprint density at radius 1 is 1.14 bits per heavy atom. The Morgan fingerprint density at radius 2 is 1.89 bits per heavy atom. The van der Waals surface area contributed by atoms with Gasteiger partial charge in [0.05, 0.1) is 22.2 Å². The summed E-state index contributed by atoms with van der Waals surface area (Å²) in [6.07, 6.45) is -4.55. The SMILES string of the molecule is O=C1N=c2ccc(Br)cc2=C1c1sc(Nc2ccccc2C(F)(F)F)nc1O. The number of hydrogen-bond donors (Lipinski definition) is 2. The van der Waals surface area contributed by atoms with Crippen LogP contribution in [0.1, 0.15) is 10.4 Å². The van der Waals surface area contributed by atoms with Crippen molar-refractivity contribution in [3.63, 3.8) is 0 Å². The number of halogens is 4. The van der Waals surface area contributed by atoms with Crippen molar-refractivity contribution in [3.05, 3.63) is 68.0 Å². The van der Waals surface area contributed by atoms with Gasteiger partial charge in [0.25, 0.3) is 5.91 Å². The Kier molecular flexibility index (Phi) is 4.47. The Labute approximate surface area is 168 Å². The summed E-state index contributed by atoms with van der Waals surface area (Å²) in [5, 5.41) is 13.8. The molecule has 0 spiro atoms. The van der Waals surface area contributed by atoms with Crippen LogP contribution in [0.25, 0.3) is 5.57 Å². The van der Waals surface area contributed by atoms with E-state index >= 15 is 0 Å². The van der Waals surface area contributed by atoms with Gasteiger partial charge in [0.1, 0.15) is 4.88 Å². The molecule has 10 heteroatoms. The summed E-state index contributed by atoms with van der Waals surface area (Å²) < 4.78 is 40.2. The van der Waals surface area contributed by atoms with Gasteiger partial charge in [0.2, 0.25) is 5.88 Å². The minimum Gasteiger partial charge on any atom is -0.492 e. The van der Waals surface area contributed by atoms with Gasteiger partial charge in [-0.25, -0.2) is 4.99 Å². The van der Waals surface area contributed by atoms with Crippen LogP contribution in [0.3, 0.4) is 0 Å². The van der Waals surface area contributed by atoms with E-state index < -0.39 is 23.5 Å². The molecule has 0 atom stereocenters. The lowest BCUT2D eigenvalue weighted by Gasteiger charge is -2.12. The molecule has 4 rings (SSSR count). The van der Waals surface area contributed by atoms with Crippen molar-refractivity contribution < 1.29 is 23.1 Å². The summed E-state index contributed by atoms with van der Waals surface area (Å²) in [6.45, 7) is 0. The van der Waals surface area contributed by atoms with E-state index in [0.29, 0.717) is 10.6 Å². The monoisotopic (exact) mass is 467 g/mol. The van der Waals surface area contributed by atoms with Gasteiger partial charge in [-0.15, -0.1) is 0 Å². The van der Waals surface area contributed by atoms with Gasteiger partial charge in [-0.3, -0.25) is 4.79 Å². The van der Waals surface area contributed by atoms with E-state index in [4.69, 9.17) is 0 Å². The molecular formula is C18H9BrF3N3O2S. The lowest BCUT2D eigenvalue weighted by Crippen LogP contribution is -2.22. The van der Waals surface area contributed by atoms with Gasteiger partial charge < -0.3 is 10.4 Å². The number of alkyl halides is 3. The molecule has 5 nitrogen and oxygen atoms in total. The number of benzene rings is 2. The molecule has 2 heterocycles. The normalized spacial score (nSPS) is 13.4. The topological polar surface area (TPSA) is 74.6 Å². The number of hydrogen-bond acceptors (Lipinski definition) is 5. The summed E-state index contributed by atoms with van der Waals surface area (Å²) in [7, 11) is 0. The third kappa shape index (κ3) is 3.29. The highest BCUT2D eigenvalue weighted by atomic mass is 79.9. The van der Waals surface area contributed by atoms with Crippen molar-refractivity contribution in [2.45, 2.75) is 6.18 Å². The second kappa shape index (κ2) is 6.71. The van der Waals surface area contributed by atoms with Crippen molar-refractivity contribution in [1.82, 2.24) is 4.98 Å². The van der Waals surface area contributed by atoms with E-state index in [1.807, 2.05) is 0 Å². The Hall–Kier alpha value is -2.72. The van der Waals surface area contributed by atoms with Crippen LogP contribution in [0, 0.1) is 0 Å². The first-order chi connectivity index (χ1) is 13.2. The highest BCUT2D eigenvalue weighted by Gasteiger charge is 2.33. The summed E-state index contributed by atoms with van der Waals surface area (Å²) in [5.41, 5.74) is -0.908. The number of aromatic nitrogens is 1. The quantitative estimate of drug-likeness (QED) is 0.615. The highest BCUT2D eigenvalue weighted by Crippen LogP contribution is 2.39. The van der Waals surface area contributed by atoms with Gasteiger partial charge in [-0.1, -0.05) is 39.4 Å². The molecule has 0 aliphatic carbocycles. The van der Waals surface area contributed by atoms with E-state index in [9.17, 15) is 23.1 Å². The number of carbonyl (C=O) groups is 1. The van der Waals surface area contributed by atoms with Crippen LogP contribution < -0.4 is 15.9 Å². The standard InChI is InChI=1S/C18H9BrF3N3O2S/c19-8-5-6-11-9(7-8)13(15(26)23-11)14-16(27)25-17(28-14)24-12-4-2-1-3-10(12)18(20,21)22/h1-7,27H,(H,24,25). The third-order valence-electron chi connectivity index (χ3n) is 3.97. The smallest absolute Gasteiger partial charge is 0.418 e. The number of thiazole rings is 1. The molecule has 142 valence electrons. The van der Waals surface area contributed by atoms with Crippen molar-refractivity contribution in [3.8, 4) is 5.88 Å². The van der Waals surface area contributed by atoms with Crippen molar-refractivity contribution >= 4 is 49.6 Å². The van der Waals surface area contributed by atoms with Crippen LogP contribution in [0.15, 0.2) is 51.9 Å². The Bertz CT molecular complexity index is 1240. The van der Waals surface area contributed by atoms with Crippen molar-refractivity contribution in [1.29, 1.82) is 0 Å². The summed E-state index contributed by atoms with van der Waals surface area (Å²) >= 11 is 4.19. The predicted molar refractivity (Wildman–Crippen MR) is 101 cm³/mol. The van der Waals surface area contributed by atoms with Gasteiger partial charge in [0.15, 0.2) is 5.13 Å². The van der Waals surface area contributed by atoms with Crippen LogP contribution >= 0.6 is 27.3 Å². The minimum absolute atomic E-state index is 0.0212. The van der Waals surface area contributed by atoms with Crippen LogP contribution in [-0.4, -0.2) is 16.0 Å². The maximum Gasteiger partial charge on any atom is 0.418 e. The van der Waals surface area contributed by atoms with E-state index in [1.165, 1.54) is 18.2 Å². The molecule has 0 bridgehead atoms. The van der Waals surface area contributed by atoms with Gasteiger partial charge in [-0.05, 0) is 30.3 Å². The number of nitrogens with zero attached hydrogens (tertiary/aromatic N) is 2. The molecule has 28 heavy (non-hydrogen) atoms. The summed E-state index contributed by atoms with van der Waals surface area (Å²) in [5.74, 6) is -1.00. The predicted octanol–water partition coefficient (Wildman–Crippen LogP) is 3.73. The largest absolute Gasteiger partial charge is 0.492 e. The number of aromatic hydroxyl groups is 1. The van der Waals surface area contributed by atoms with Crippen molar-refractivity contribution in [2.75, 3.05) is 5.32 Å². The molecule has 1 aromatic heterocycles. The highest BCUT2D eigenvalue weighted by molar-refractivity contribution is 9.10. The van der Waals surface area contributed by atoms with Crippen LogP contribution in [0.4, 0.5) is 24.0 Å². The third-order valence-corrected chi connectivity index (χ3v) is 5.44. The molecule has 0 saturated heterocycles. The zero-order chi connectivity index (χ0) is 20.1. The van der Waals surface area contributed by atoms with Crippen LogP contribution in [0.2, 0.25) is 0 Å². The van der Waals surface area contributed by atoms with Crippen LogP contribution in [-0.2, 0) is 11.0 Å². The van der Waals surface area contributed by atoms with Gasteiger partial charge >= 0.3 is 6.18 Å². The Balaban J connectivity index is 1.79. The summed E-state index contributed by atoms with van der Waals surface area (Å²) in [4.78, 5) is 20.3. The van der Waals surface area contributed by atoms with E-state index in [-0.39, 0.29) is 21.3 Å². The zero-order valence-electron chi connectivity index (χ0n) is 13.7. The fraction of sp³-hybridized carbons (Fsp3) is 0.0556. The number of fused-ring (bicyclic) bond motifs is 1. The van der Waals surface area contributed by atoms with E-state index in [1.54, 1.807) is 18.2 Å². The zero-order valence-corrected chi connectivity index (χ0v) is 16.1. The van der Waals surface area contributed by atoms with Gasteiger partial charge in [-0.2, -0.15) is 18.2 Å². The Morgan fingerprint density at radius 3 is 2.64 bits per heavy atom. The fourth-order valence-corrected chi connectivity index (χ4v) is 4.07. The molecule has 0 saturated carbocycles. The van der Waals surface area contributed by atoms with E-state index in [0.717, 1.165) is 21.9 Å². The number of anilines is 2. The molecular weight excluding hydrogens is 459 g/mol. The number of amides is 1. The first-order valence-corrected chi connectivity index (χ1v) is 9.41. The first kappa shape index (κ1) is 18.6. The molecule has 0 fully saturated rings. The van der Waals surface area contributed by atoms with E-state index in [2.05, 4.69) is 31.2 Å². The first-order valence-electron chi connectivity index (χ1n) is 7.80. The number of nitrogens with one attached hydrogen (secondary N) is 1. The second-order valence-electron chi connectivity index (χ2n) is 5.79. The maximum absolute atomic E-state index is 13.2. The number of carbonyl (C=O) groups excluding carboxylic acids is 1. The fourth-order valence-electron chi connectivity index (χ4n) is 2.79. The molecule has 0 radical (unpaired) electrons. The second-order valence-corrected chi connectivity index (χ2v) is 7.71. The van der Waals surface area contributed by atoms with Gasteiger partial charge in [0, 0.05) is 9.69 Å². The molecule has 1 aliphatic rings. The molecule has 2 N–H and O–H groups in total. The average Bonchev–Trinajstić information content (AvgIpc) is 3.12. The van der Waals surface area contributed by atoms with Crippen LogP contribution in [0.5, 0.6) is 5.88 Å². The number of para-hydroxylation sites is 1. The lowest BCUT2D eigenvalue weighted by molar-refractivity contribution is -0.136. The molecule has 1 amide bonds. The molecule has 1 aliphatic heterocycles. The average molecular weight is 468 g/mol. The minimum atomic E-state index is -4.55. The number of rotatable bonds is 3. The maximum atomic E-state index is 13.2. The molecule has 3 aromatic rings. The van der Waals surface area contributed by atoms with Crippen molar-refractivity contribution in [2.24, 2.45) is 4.99 Å². The lowest BCUT2D eigenvalue weighted by atomic mass is 10.1. The summed E-state index contributed by atoms with van der Waals surface area (Å²) in [6, 6.07) is 10.0. The molecule has 2 aromatic carbocycles.